The normalized spacial score (nSPS) is 38.5. The summed E-state index contributed by atoms with van der Waals surface area (Å²) in [6, 6.07) is 0. The highest BCUT2D eigenvalue weighted by molar-refractivity contribution is 5.91. The van der Waals surface area contributed by atoms with Crippen LogP contribution in [0.4, 0.5) is 0 Å². The molecule has 3 rings (SSSR count). The minimum Gasteiger partial charge on any atom is -0.458 e. The number of fused-ring (bicyclic) bond motifs is 3. The van der Waals surface area contributed by atoms with Gasteiger partial charge < -0.3 is 9.47 Å². The van der Waals surface area contributed by atoms with Crippen LogP contribution in [-0.2, 0) is 19.1 Å². The molecule has 5 atom stereocenters. The Balaban J connectivity index is 1.93. The average Bonchev–Trinajstić information content (AvgIpc) is 2.83. The van der Waals surface area contributed by atoms with E-state index in [1.165, 1.54) is 0 Å². The number of esters is 2. The highest BCUT2D eigenvalue weighted by Gasteiger charge is 2.58. The zero-order valence-electron chi connectivity index (χ0n) is 14.5. The van der Waals surface area contributed by atoms with Gasteiger partial charge in [0, 0.05) is 28.4 Å². The molecule has 1 heterocycles. The molecule has 0 radical (unpaired) electrons. The monoisotopic (exact) mass is 328 g/mol. The maximum Gasteiger partial charge on any atom is 0.334 e. The van der Waals surface area contributed by atoms with Gasteiger partial charge in [-0.25, -0.2) is 9.59 Å². The summed E-state index contributed by atoms with van der Waals surface area (Å²) in [4.78, 5) is 24.2. The van der Waals surface area contributed by atoms with Crippen molar-refractivity contribution in [1.82, 2.24) is 0 Å². The summed E-state index contributed by atoms with van der Waals surface area (Å²) in [7, 11) is 0. The van der Waals surface area contributed by atoms with Crippen molar-refractivity contribution in [2.24, 2.45) is 17.3 Å². The molecule has 4 nitrogen and oxygen atoms in total. The lowest BCUT2D eigenvalue weighted by Crippen LogP contribution is -2.52. The van der Waals surface area contributed by atoms with Crippen molar-refractivity contribution in [1.29, 1.82) is 0 Å². The van der Waals surface area contributed by atoms with Crippen molar-refractivity contribution < 1.29 is 19.1 Å². The summed E-state index contributed by atoms with van der Waals surface area (Å²) in [5, 5.41) is 0. The van der Waals surface area contributed by atoms with Gasteiger partial charge in [0.25, 0.3) is 0 Å². The van der Waals surface area contributed by atoms with E-state index in [-0.39, 0.29) is 41.4 Å². The molecule has 1 aliphatic heterocycles. The van der Waals surface area contributed by atoms with Gasteiger partial charge in [-0.2, -0.15) is 0 Å². The summed E-state index contributed by atoms with van der Waals surface area (Å²) in [6.45, 7) is 13.7. The molecule has 2 fully saturated rings. The number of hydrogen-bond acceptors (Lipinski definition) is 4. The second-order valence-electron chi connectivity index (χ2n) is 7.26. The van der Waals surface area contributed by atoms with E-state index in [1.54, 1.807) is 13.0 Å². The Kier molecular flexibility index (Phi) is 4.02. The molecular weight excluding hydrogens is 304 g/mol. The minimum absolute atomic E-state index is 0.0347. The number of carbonyl (C=O) groups excluding carboxylic acids is 2. The van der Waals surface area contributed by atoms with E-state index in [0.29, 0.717) is 11.1 Å². The van der Waals surface area contributed by atoms with Crippen molar-refractivity contribution in [3.8, 4) is 0 Å². The van der Waals surface area contributed by atoms with Crippen LogP contribution < -0.4 is 0 Å². The third-order valence-corrected chi connectivity index (χ3v) is 5.91. The molecule has 0 unspecified atom stereocenters. The molecule has 2 aliphatic carbocycles. The zero-order chi connectivity index (χ0) is 17.6. The molecule has 0 bridgehead atoms. The molecule has 0 aromatic rings. The number of allylic oxidation sites excluding steroid dienone is 2. The molecule has 0 aromatic carbocycles. The van der Waals surface area contributed by atoms with Gasteiger partial charge in [-0.05, 0) is 38.3 Å². The van der Waals surface area contributed by atoms with Gasteiger partial charge in [-0.15, -0.1) is 0 Å². The molecular formula is C20H24O4. The predicted molar refractivity (Wildman–Crippen MR) is 90.9 cm³/mol. The number of hydrogen-bond donors (Lipinski definition) is 0. The van der Waals surface area contributed by atoms with Crippen molar-refractivity contribution in [2.75, 3.05) is 0 Å². The van der Waals surface area contributed by atoms with Crippen LogP contribution in [0.3, 0.4) is 0 Å². The first-order valence-corrected chi connectivity index (χ1v) is 8.40. The molecule has 0 amide bonds. The van der Waals surface area contributed by atoms with Crippen molar-refractivity contribution >= 4 is 11.9 Å². The number of carbonyl (C=O) groups is 2. The van der Waals surface area contributed by atoms with Crippen LogP contribution in [0, 0.1) is 17.3 Å². The number of ether oxygens (including phenoxy) is 2. The van der Waals surface area contributed by atoms with Crippen LogP contribution in [-0.4, -0.2) is 24.1 Å². The summed E-state index contributed by atoms with van der Waals surface area (Å²) in [5.41, 5.74) is 1.73. The topological polar surface area (TPSA) is 52.6 Å². The molecule has 0 N–H and O–H groups in total. The lowest BCUT2D eigenvalue weighted by molar-refractivity contribution is -0.160. The Bertz CT molecular complexity index is 684. The molecule has 4 heteroatoms. The summed E-state index contributed by atoms with van der Waals surface area (Å²) >= 11 is 0. The Labute approximate surface area is 142 Å². The first-order chi connectivity index (χ1) is 11.3. The van der Waals surface area contributed by atoms with Gasteiger partial charge >= 0.3 is 11.9 Å². The predicted octanol–water partition coefficient (Wildman–Crippen LogP) is 3.50. The first-order valence-electron chi connectivity index (χ1n) is 8.40. The van der Waals surface area contributed by atoms with Crippen LogP contribution in [0.25, 0.3) is 0 Å². The van der Waals surface area contributed by atoms with Gasteiger partial charge in [0.1, 0.15) is 12.2 Å². The molecule has 3 aliphatic rings. The van der Waals surface area contributed by atoms with E-state index in [0.717, 1.165) is 18.4 Å². The van der Waals surface area contributed by atoms with Crippen LogP contribution in [0.15, 0.2) is 48.1 Å². The van der Waals surface area contributed by atoms with E-state index in [4.69, 9.17) is 9.47 Å². The summed E-state index contributed by atoms with van der Waals surface area (Å²) in [5.74, 6) is -0.648. The Morgan fingerprint density at radius 1 is 1.46 bits per heavy atom. The lowest BCUT2D eigenvalue weighted by atomic mass is 9.56. The van der Waals surface area contributed by atoms with Gasteiger partial charge in [0.15, 0.2) is 0 Å². The standard InChI is InChI=1S/C20H24O4/c1-6-11(2)18(21)23-15-8-7-12(3)16-17-14(9-10-20(15,16)5)13(4)19(22)24-17/h6-8,14-17H,3-4,9-10H2,1-2,5H3/b11-6-/t14-,15+,16-,17+,20+/m0/s1. The van der Waals surface area contributed by atoms with Crippen molar-refractivity contribution in [2.45, 2.75) is 45.8 Å². The molecule has 128 valence electrons. The molecule has 0 aromatic heterocycles. The fraction of sp³-hybridized carbons (Fsp3) is 0.500. The van der Waals surface area contributed by atoms with Crippen LogP contribution in [0.2, 0.25) is 0 Å². The summed E-state index contributed by atoms with van der Waals surface area (Å²) < 4.78 is 11.4. The Morgan fingerprint density at radius 2 is 2.17 bits per heavy atom. The largest absolute Gasteiger partial charge is 0.458 e. The fourth-order valence-electron chi connectivity index (χ4n) is 4.26. The van der Waals surface area contributed by atoms with Crippen LogP contribution in [0.5, 0.6) is 0 Å². The summed E-state index contributed by atoms with van der Waals surface area (Å²) in [6.07, 6.45) is 6.56. The van der Waals surface area contributed by atoms with Gasteiger partial charge in [-0.3, -0.25) is 0 Å². The van der Waals surface area contributed by atoms with Crippen LogP contribution in [0.1, 0.15) is 33.6 Å². The van der Waals surface area contributed by atoms with E-state index in [9.17, 15) is 9.59 Å². The van der Waals surface area contributed by atoms with Crippen LogP contribution >= 0.6 is 0 Å². The number of rotatable bonds is 2. The van der Waals surface area contributed by atoms with E-state index < -0.39 is 0 Å². The lowest BCUT2D eigenvalue weighted by Gasteiger charge is -2.51. The first kappa shape index (κ1) is 16.7. The van der Waals surface area contributed by atoms with Crippen molar-refractivity contribution in [3.63, 3.8) is 0 Å². The van der Waals surface area contributed by atoms with Gasteiger partial charge in [-0.1, -0.05) is 32.2 Å². The maximum absolute atomic E-state index is 12.2. The Morgan fingerprint density at radius 3 is 2.83 bits per heavy atom. The second-order valence-corrected chi connectivity index (χ2v) is 7.26. The zero-order valence-corrected chi connectivity index (χ0v) is 14.5. The maximum atomic E-state index is 12.2. The Hall–Kier alpha value is -2.10. The molecule has 0 spiro atoms. The van der Waals surface area contributed by atoms with E-state index in [1.807, 2.05) is 19.1 Å². The van der Waals surface area contributed by atoms with Gasteiger partial charge in [0.2, 0.25) is 0 Å². The average molecular weight is 328 g/mol. The molecule has 1 saturated carbocycles. The van der Waals surface area contributed by atoms with Crippen molar-refractivity contribution in [3.05, 3.63) is 48.1 Å². The highest BCUT2D eigenvalue weighted by Crippen LogP contribution is 2.56. The smallest absolute Gasteiger partial charge is 0.334 e. The molecule has 1 saturated heterocycles. The third-order valence-electron chi connectivity index (χ3n) is 5.91. The minimum atomic E-state index is -0.357. The SMILES string of the molecule is C=C1C(=O)O[C@@H]2[C@H]1CC[C@]1(C)[C@H](OC(=O)/C(C)=C\C)C=CC(=C)[C@@H]21. The quantitative estimate of drug-likeness (QED) is 0.575. The van der Waals surface area contributed by atoms with E-state index in [2.05, 4.69) is 20.1 Å². The fourth-order valence-corrected chi connectivity index (χ4v) is 4.26. The van der Waals surface area contributed by atoms with E-state index >= 15 is 0 Å². The second kappa shape index (κ2) is 5.76. The third kappa shape index (κ3) is 2.36. The molecule has 24 heavy (non-hydrogen) atoms. The van der Waals surface area contributed by atoms with Gasteiger partial charge in [0.05, 0.1) is 0 Å². The highest BCUT2D eigenvalue weighted by atomic mass is 16.6.